The van der Waals surface area contributed by atoms with Crippen LogP contribution in [0.4, 0.5) is 11.4 Å². The zero-order valence-electron chi connectivity index (χ0n) is 18.2. The first kappa shape index (κ1) is 21.7. The fraction of sp³-hybridized carbons (Fsp3) is 0.280. The number of aliphatic imine (C=N–C) groups is 1. The summed E-state index contributed by atoms with van der Waals surface area (Å²) in [7, 11) is 0. The Kier molecular flexibility index (Phi) is 6.00. The van der Waals surface area contributed by atoms with Gasteiger partial charge in [-0.15, -0.1) is 0 Å². The molecule has 0 aliphatic carbocycles. The Morgan fingerprint density at radius 2 is 1.97 bits per heavy atom. The van der Waals surface area contributed by atoms with Gasteiger partial charge in [-0.25, -0.2) is 4.99 Å². The molecular weight excluding hydrogens is 426 g/mol. The van der Waals surface area contributed by atoms with Crippen LogP contribution in [0, 0.1) is 0 Å². The second-order valence-corrected chi connectivity index (χ2v) is 9.78. The van der Waals surface area contributed by atoms with E-state index in [0.29, 0.717) is 15.1 Å². The van der Waals surface area contributed by atoms with E-state index in [-0.39, 0.29) is 11.4 Å². The molecule has 0 aromatic heterocycles. The maximum atomic E-state index is 12.5. The minimum atomic E-state index is -0.158. The van der Waals surface area contributed by atoms with E-state index in [4.69, 9.17) is 11.6 Å². The number of nitrogens with zero attached hydrogens (tertiary/aromatic N) is 2. The number of fused-ring (bicyclic) bond motifs is 1. The summed E-state index contributed by atoms with van der Waals surface area (Å²) in [5.41, 5.74) is 5.10. The largest absolute Gasteiger partial charge is 0.362 e. The van der Waals surface area contributed by atoms with Crippen molar-refractivity contribution in [2.24, 2.45) is 4.99 Å². The zero-order chi connectivity index (χ0) is 22.2. The molecule has 0 spiro atoms. The number of benzene rings is 2. The van der Waals surface area contributed by atoms with Gasteiger partial charge in [0.05, 0.1) is 16.1 Å². The van der Waals surface area contributed by atoms with Gasteiger partial charge in [0.1, 0.15) is 0 Å². The number of halogens is 1. The molecule has 4 nitrogen and oxygen atoms in total. The van der Waals surface area contributed by atoms with Crippen molar-refractivity contribution in [3.63, 3.8) is 0 Å². The maximum absolute atomic E-state index is 12.5. The van der Waals surface area contributed by atoms with Crippen LogP contribution in [0.1, 0.15) is 45.2 Å². The third kappa shape index (κ3) is 4.43. The van der Waals surface area contributed by atoms with Gasteiger partial charge in [-0.2, -0.15) is 0 Å². The van der Waals surface area contributed by atoms with E-state index in [2.05, 4.69) is 55.0 Å². The highest BCUT2D eigenvalue weighted by Gasteiger charge is 2.31. The van der Waals surface area contributed by atoms with Crippen molar-refractivity contribution in [1.29, 1.82) is 0 Å². The van der Waals surface area contributed by atoms with Gasteiger partial charge in [-0.3, -0.25) is 4.79 Å². The second-order valence-electron chi connectivity index (χ2n) is 8.34. The number of carbonyl (C=O) groups excluding carboxylic acids is 1. The molecule has 0 unspecified atom stereocenters. The van der Waals surface area contributed by atoms with Gasteiger partial charge in [0.15, 0.2) is 5.17 Å². The standard InChI is InChI=1S/C25H26ClN3OS/c1-5-11-29-21-14-20(26)17(12-19(21)16(2)15-25(29,3)4)13-22-23(30)28-24(31-22)27-18-9-7-6-8-10-18/h6-10,12-15H,5,11H2,1-4H3,(H,27,28,30)/b22-13+. The SMILES string of the molecule is CCCN1c2cc(Cl)c(/C=C3/SC(=Nc4ccccc4)NC3=O)cc2C(C)=CC1(C)C. The smallest absolute Gasteiger partial charge is 0.264 e. The van der Waals surface area contributed by atoms with Gasteiger partial charge in [-0.1, -0.05) is 42.8 Å². The molecule has 2 heterocycles. The van der Waals surface area contributed by atoms with Crippen LogP contribution in [-0.2, 0) is 4.79 Å². The summed E-state index contributed by atoms with van der Waals surface area (Å²) in [5.74, 6) is -0.158. The number of hydrogen-bond donors (Lipinski definition) is 1. The Hall–Kier alpha value is -2.50. The van der Waals surface area contributed by atoms with Crippen LogP contribution < -0.4 is 10.2 Å². The molecule has 1 N–H and O–H groups in total. The normalized spacial score (nSPS) is 20.1. The molecule has 0 radical (unpaired) electrons. The Morgan fingerprint density at radius 1 is 1.23 bits per heavy atom. The fourth-order valence-corrected chi connectivity index (χ4v) is 5.14. The summed E-state index contributed by atoms with van der Waals surface area (Å²) in [6.07, 6.45) is 5.21. The van der Waals surface area contributed by atoms with Crippen molar-refractivity contribution in [2.75, 3.05) is 11.4 Å². The molecule has 0 atom stereocenters. The number of thioether (sulfide) groups is 1. The van der Waals surface area contributed by atoms with Crippen molar-refractivity contribution < 1.29 is 4.79 Å². The van der Waals surface area contributed by atoms with Crippen molar-refractivity contribution in [3.8, 4) is 0 Å². The Labute approximate surface area is 193 Å². The first-order valence-electron chi connectivity index (χ1n) is 10.4. The molecule has 2 aromatic carbocycles. The quantitative estimate of drug-likeness (QED) is 0.529. The predicted molar refractivity (Wildman–Crippen MR) is 134 cm³/mol. The van der Waals surface area contributed by atoms with E-state index >= 15 is 0 Å². The van der Waals surface area contributed by atoms with Crippen LogP contribution in [-0.4, -0.2) is 23.2 Å². The van der Waals surface area contributed by atoms with Crippen molar-refractivity contribution >= 4 is 57.5 Å². The van der Waals surface area contributed by atoms with E-state index in [1.165, 1.54) is 17.3 Å². The highest BCUT2D eigenvalue weighted by Crippen LogP contribution is 2.42. The molecular formula is C25H26ClN3OS. The summed E-state index contributed by atoms with van der Waals surface area (Å²) >= 11 is 8.03. The Bertz CT molecular complexity index is 1120. The first-order valence-corrected chi connectivity index (χ1v) is 11.6. The predicted octanol–water partition coefficient (Wildman–Crippen LogP) is 6.64. The lowest BCUT2D eigenvalue weighted by molar-refractivity contribution is -0.115. The van der Waals surface area contributed by atoms with E-state index in [0.717, 1.165) is 35.5 Å². The average Bonchev–Trinajstić information content (AvgIpc) is 3.05. The van der Waals surface area contributed by atoms with Crippen molar-refractivity contribution in [1.82, 2.24) is 5.32 Å². The molecule has 1 fully saturated rings. The summed E-state index contributed by atoms with van der Waals surface area (Å²) in [4.78, 5) is 20.0. The molecule has 2 aliphatic heterocycles. The van der Waals surface area contributed by atoms with E-state index in [1.807, 2.05) is 42.5 Å². The molecule has 2 aromatic rings. The van der Waals surface area contributed by atoms with E-state index in [9.17, 15) is 4.79 Å². The highest BCUT2D eigenvalue weighted by molar-refractivity contribution is 8.18. The number of allylic oxidation sites excluding steroid dienone is 1. The van der Waals surface area contributed by atoms with Crippen LogP contribution in [0.25, 0.3) is 11.6 Å². The van der Waals surface area contributed by atoms with Gasteiger partial charge < -0.3 is 10.2 Å². The topological polar surface area (TPSA) is 44.7 Å². The number of hydrogen-bond acceptors (Lipinski definition) is 4. The highest BCUT2D eigenvalue weighted by atomic mass is 35.5. The summed E-state index contributed by atoms with van der Waals surface area (Å²) < 4.78 is 0. The van der Waals surface area contributed by atoms with E-state index < -0.39 is 0 Å². The number of rotatable bonds is 4. The number of amides is 1. The fourth-order valence-electron chi connectivity index (χ4n) is 4.10. The number of carbonyl (C=O) groups is 1. The molecule has 31 heavy (non-hydrogen) atoms. The first-order chi connectivity index (χ1) is 14.8. The Morgan fingerprint density at radius 3 is 2.68 bits per heavy atom. The van der Waals surface area contributed by atoms with Gasteiger partial charge in [0.25, 0.3) is 5.91 Å². The maximum Gasteiger partial charge on any atom is 0.264 e. The lowest BCUT2D eigenvalue weighted by Crippen LogP contribution is -2.45. The molecule has 1 saturated heterocycles. The summed E-state index contributed by atoms with van der Waals surface area (Å²) in [6.45, 7) is 9.73. The molecule has 4 rings (SSSR count). The monoisotopic (exact) mass is 451 g/mol. The third-order valence-electron chi connectivity index (χ3n) is 5.47. The molecule has 1 amide bonds. The third-order valence-corrected chi connectivity index (χ3v) is 6.70. The molecule has 0 bridgehead atoms. The zero-order valence-corrected chi connectivity index (χ0v) is 19.8. The number of para-hydroxylation sites is 1. The van der Waals surface area contributed by atoms with E-state index in [1.54, 1.807) is 0 Å². The number of amidine groups is 1. The van der Waals surface area contributed by atoms with Gasteiger partial charge in [0.2, 0.25) is 0 Å². The van der Waals surface area contributed by atoms with Crippen LogP contribution in [0.15, 0.2) is 58.4 Å². The van der Waals surface area contributed by atoms with Crippen LogP contribution >= 0.6 is 23.4 Å². The van der Waals surface area contributed by atoms with Gasteiger partial charge in [0, 0.05) is 22.8 Å². The summed E-state index contributed by atoms with van der Waals surface area (Å²) in [6, 6.07) is 13.7. The van der Waals surface area contributed by atoms with Crippen LogP contribution in [0.3, 0.4) is 0 Å². The van der Waals surface area contributed by atoms with Crippen molar-refractivity contribution in [2.45, 2.75) is 39.7 Å². The minimum absolute atomic E-state index is 0.0691. The lowest BCUT2D eigenvalue weighted by Gasteiger charge is -2.43. The van der Waals surface area contributed by atoms with Gasteiger partial charge >= 0.3 is 0 Å². The second kappa shape index (κ2) is 8.56. The summed E-state index contributed by atoms with van der Waals surface area (Å²) in [5, 5.41) is 4.05. The molecule has 2 aliphatic rings. The average molecular weight is 452 g/mol. The molecule has 160 valence electrons. The Balaban J connectivity index is 1.69. The number of nitrogens with one attached hydrogen (secondary N) is 1. The van der Waals surface area contributed by atoms with Crippen molar-refractivity contribution in [3.05, 3.63) is 69.6 Å². The molecule has 0 saturated carbocycles. The minimum Gasteiger partial charge on any atom is -0.362 e. The molecule has 6 heteroatoms. The lowest BCUT2D eigenvalue weighted by atomic mass is 9.87. The van der Waals surface area contributed by atoms with Gasteiger partial charge in [-0.05, 0) is 80.4 Å². The number of anilines is 1. The van der Waals surface area contributed by atoms with Crippen LogP contribution in [0.2, 0.25) is 5.02 Å². The van der Waals surface area contributed by atoms with Crippen LogP contribution in [0.5, 0.6) is 0 Å².